The van der Waals surface area contributed by atoms with E-state index in [9.17, 15) is 9.59 Å². The molecule has 5 heteroatoms. The number of benzene rings is 1. The Morgan fingerprint density at radius 3 is 2.81 bits per heavy atom. The summed E-state index contributed by atoms with van der Waals surface area (Å²) in [6.07, 6.45) is 9.11. The Kier molecular flexibility index (Phi) is 3.84. The zero-order valence-electron chi connectivity index (χ0n) is 15.1. The van der Waals surface area contributed by atoms with Gasteiger partial charge >= 0.3 is 0 Å². The van der Waals surface area contributed by atoms with Gasteiger partial charge in [-0.2, -0.15) is 0 Å². The minimum atomic E-state index is 0.0341. The Bertz CT molecular complexity index is 931. The number of carbonyl (C=O) groups is 1. The maximum atomic E-state index is 13.2. The summed E-state index contributed by atoms with van der Waals surface area (Å²) in [6.45, 7) is 1.62. The van der Waals surface area contributed by atoms with Crippen LogP contribution >= 0.6 is 0 Å². The topological polar surface area (TPSA) is 55.2 Å². The molecule has 136 valence electrons. The third kappa shape index (κ3) is 2.48. The van der Waals surface area contributed by atoms with E-state index in [0.29, 0.717) is 28.4 Å². The van der Waals surface area contributed by atoms with Gasteiger partial charge in [0.25, 0.3) is 11.5 Å². The van der Waals surface area contributed by atoms with Crippen LogP contribution in [0.5, 0.6) is 0 Å². The molecule has 2 atom stereocenters. The number of carbonyl (C=O) groups excluding carboxylic acids is 1. The van der Waals surface area contributed by atoms with E-state index in [1.165, 1.54) is 25.7 Å². The number of rotatable bonds is 1. The minimum Gasteiger partial charge on any atom is -0.335 e. The van der Waals surface area contributed by atoms with Crippen molar-refractivity contribution in [2.24, 2.45) is 5.92 Å². The second-order valence-electron chi connectivity index (χ2n) is 8.07. The number of nitrogens with zero attached hydrogens (tertiary/aromatic N) is 3. The van der Waals surface area contributed by atoms with Crippen LogP contribution in [0.15, 0.2) is 23.0 Å². The fourth-order valence-corrected chi connectivity index (χ4v) is 5.26. The van der Waals surface area contributed by atoms with E-state index in [4.69, 9.17) is 0 Å². The van der Waals surface area contributed by atoms with Gasteiger partial charge in [-0.05, 0) is 56.2 Å². The van der Waals surface area contributed by atoms with Gasteiger partial charge < -0.3 is 4.90 Å². The van der Waals surface area contributed by atoms with Crippen molar-refractivity contribution in [1.29, 1.82) is 0 Å². The highest BCUT2D eigenvalue weighted by atomic mass is 16.2. The van der Waals surface area contributed by atoms with Crippen molar-refractivity contribution in [2.45, 2.75) is 64.0 Å². The van der Waals surface area contributed by atoms with Crippen molar-refractivity contribution in [1.82, 2.24) is 14.5 Å². The molecule has 5 nitrogen and oxygen atoms in total. The van der Waals surface area contributed by atoms with Gasteiger partial charge in [0.15, 0.2) is 0 Å². The summed E-state index contributed by atoms with van der Waals surface area (Å²) in [7, 11) is 0. The predicted octanol–water partition coefficient (Wildman–Crippen LogP) is 3.14. The summed E-state index contributed by atoms with van der Waals surface area (Å²) in [5, 5.41) is 0.626. The summed E-state index contributed by atoms with van der Waals surface area (Å²) in [5.41, 5.74) is 1.39. The largest absolute Gasteiger partial charge is 0.335 e. The number of piperidine rings is 1. The van der Waals surface area contributed by atoms with E-state index in [1.807, 2.05) is 12.1 Å². The number of hydrogen-bond donors (Lipinski definition) is 0. The van der Waals surface area contributed by atoms with E-state index in [-0.39, 0.29) is 11.5 Å². The summed E-state index contributed by atoms with van der Waals surface area (Å²) < 4.78 is 1.78. The van der Waals surface area contributed by atoms with Crippen LogP contribution in [0, 0.1) is 5.92 Å². The van der Waals surface area contributed by atoms with Gasteiger partial charge in [0.2, 0.25) is 0 Å². The standard InChI is InChI=1S/C21H25N3O2/c25-20(23-11-3-6-14-5-1-2-7-18(14)23)15-9-10-16-17(13-15)22-19-8-4-12-24(19)21(16)26/h9-10,13-14,18H,1-8,11-12H2/t14-,18-/m1/s1. The van der Waals surface area contributed by atoms with E-state index >= 15 is 0 Å². The molecule has 2 aromatic rings. The lowest BCUT2D eigenvalue weighted by Crippen LogP contribution is -2.49. The first-order valence-electron chi connectivity index (χ1n) is 10.1. The van der Waals surface area contributed by atoms with E-state index < -0.39 is 0 Å². The van der Waals surface area contributed by atoms with Gasteiger partial charge in [-0.1, -0.05) is 12.8 Å². The molecule has 3 heterocycles. The molecule has 2 fully saturated rings. The van der Waals surface area contributed by atoms with Crippen LogP contribution in [0.25, 0.3) is 10.9 Å². The summed E-state index contributed by atoms with van der Waals surface area (Å²) in [4.78, 5) is 32.6. The fraction of sp³-hybridized carbons (Fsp3) is 0.571. The Morgan fingerprint density at radius 2 is 1.88 bits per heavy atom. The molecule has 26 heavy (non-hydrogen) atoms. The first kappa shape index (κ1) is 16.0. The molecule has 0 spiro atoms. The second kappa shape index (κ2) is 6.22. The fourth-order valence-electron chi connectivity index (χ4n) is 5.26. The molecule has 0 N–H and O–H groups in total. The number of amides is 1. The number of fused-ring (bicyclic) bond motifs is 3. The third-order valence-electron chi connectivity index (χ3n) is 6.57. The van der Waals surface area contributed by atoms with Gasteiger partial charge in [0.05, 0.1) is 10.9 Å². The van der Waals surface area contributed by atoms with E-state index in [1.54, 1.807) is 10.6 Å². The zero-order chi connectivity index (χ0) is 17.7. The quantitative estimate of drug-likeness (QED) is 0.793. The van der Waals surface area contributed by atoms with Crippen molar-refractivity contribution < 1.29 is 4.79 Å². The Balaban J connectivity index is 1.51. The molecular weight excluding hydrogens is 326 g/mol. The SMILES string of the molecule is O=C(c1ccc2c(=O)n3c(nc2c1)CCC3)N1CCC[C@H]2CCCC[C@H]21. The number of aromatic nitrogens is 2. The van der Waals surface area contributed by atoms with Crippen molar-refractivity contribution >= 4 is 16.8 Å². The van der Waals surface area contributed by atoms with Crippen molar-refractivity contribution in [2.75, 3.05) is 6.54 Å². The van der Waals surface area contributed by atoms with Crippen molar-refractivity contribution in [3.05, 3.63) is 39.9 Å². The van der Waals surface area contributed by atoms with Crippen LogP contribution in [0.3, 0.4) is 0 Å². The van der Waals surface area contributed by atoms with E-state index in [2.05, 4.69) is 9.88 Å². The molecule has 0 bridgehead atoms. The van der Waals surface area contributed by atoms with Crippen LogP contribution in [0.2, 0.25) is 0 Å². The molecule has 0 radical (unpaired) electrons. The molecule has 5 rings (SSSR count). The zero-order valence-corrected chi connectivity index (χ0v) is 15.1. The smallest absolute Gasteiger partial charge is 0.261 e. The molecule has 3 aliphatic rings. The highest BCUT2D eigenvalue weighted by Crippen LogP contribution is 2.36. The van der Waals surface area contributed by atoms with Crippen LogP contribution in [0.1, 0.15) is 61.1 Å². The van der Waals surface area contributed by atoms with Crippen LogP contribution in [-0.4, -0.2) is 32.9 Å². The lowest BCUT2D eigenvalue weighted by Gasteiger charge is -2.44. The predicted molar refractivity (Wildman–Crippen MR) is 100 cm³/mol. The minimum absolute atomic E-state index is 0.0341. The van der Waals surface area contributed by atoms with Gasteiger partial charge in [-0.25, -0.2) is 4.98 Å². The van der Waals surface area contributed by atoms with Gasteiger partial charge in [0.1, 0.15) is 5.82 Å². The average Bonchev–Trinajstić information content (AvgIpc) is 3.15. The van der Waals surface area contributed by atoms with Crippen LogP contribution < -0.4 is 5.56 Å². The van der Waals surface area contributed by atoms with Gasteiger partial charge in [0, 0.05) is 31.1 Å². The number of aryl methyl sites for hydroxylation is 1. The Labute approximate surface area is 153 Å². The molecule has 1 aliphatic carbocycles. The first-order valence-corrected chi connectivity index (χ1v) is 10.1. The summed E-state index contributed by atoms with van der Waals surface area (Å²) in [5.74, 6) is 1.65. The maximum Gasteiger partial charge on any atom is 0.261 e. The maximum absolute atomic E-state index is 13.2. The second-order valence-corrected chi connectivity index (χ2v) is 8.07. The Morgan fingerprint density at radius 1 is 1.04 bits per heavy atom. The molecular formula is C21H25N3O2. The number of hydrogen-bond acceptors (Lipinski definition) is 3. The number of likely N-dealkylation sites (tertiary alicyclic amines) is 1. The highest BCUT2D eigenvalue weighted by Gasteiger charge is 2.36. The molecule has 1 saturated carbocycles. The monoisotopic (exact) mass is 351 g/mol. The molecule has 0 unspecified atom stereocenters. The molecule has 1 aromatic heterocycles. The normalized spacial score (nSPS) is 25.2. The summed E-state index contributed by atoms with van der Waals surface area (Å²) >= 11 is 0. The van der Waals surface area contributed by atoms with Gasteiger partial charge in [-0.3, -0.25) is 14.2 Å². The van der Waals surface area contributed by atoms with Crippen molar-refractivity contribution in [3.8, 4) is 0 Å². The first-order chi connectivity index (χ1) is 12.7. The lowest BCUT2D eigenvalue weighted by molar-refractivity contribution is 0.0391. The lowest BCUT2D eigenvalue weighted by atomic mass is 9.78. The Hall–Kier alpha value is -2.17. The van der Waals surface area contributed by atoms with Crippen LogP contribution in [-0.2, 0) is 13.0 Å². The van der Waals surface area contributed by atoms with E-state index in [0.717, 1.165) is 44.6 Å². The van der Waals surface area contributed by atoms with Crippen molar-refractivity contribution in [3.63, 3.8) is 0 Å². The average molecular weight is 351 g/mol. The van der Waals surface area contributed by atoms with Gasteiger partial charge in [-0.15, -0.1) is 0 Å². The molecule has 1 amide bonds. The molecule has 1 aromatic carbocycles. The highest BCUT2D eigenvalue weighted by molar-refractivity contribution is 5.98. The summed E-state index contributed by atoms with van der Waals surface area (Å²) in [6, 6.07) is 5.86. The van der Waals surface area contributed by atoms with Crippen LogP contribution in [0.4, 0.5) is 0 Å². The third-order valence-corrected chi connectivity index (χ3v) is 6.57. The molecule has 2 aliphatic heterocycles. The molecule has 1 saturated heterocycles.